The van der Waals surface area contributed by atoms with E-state index < -0.39 is 6.61 Å². The van der Waals surface area contributed by atoms with Crippen molar-refractivity contribution in [3.8, 4) is 11.5 Å². The molecule has 0 aliphatic rings. The highest BCUT2D eigenvalue weighted by Crippen LogP contribution is 2.29. The van der Waals surface area contributed by atoms with Crippen molar-refractivity contribution in [2.45, 2.75) is 6.61 Å². The highest BCUT2D eigenvalue weighted by Gasteiger charge is 2.10. The first-order valence-electron chi connectivity index (χ1n) is 4.00. The van der Waals surface area contributed by atoms with E-state index >= 15 is 0 Å². The molecule has 82 valence electrons. The van der Waals surface area contributed by atoms with Crippen LogP contribution in [0.25, 0.3) is 0 Å². The predicted octanol–water partition coefficient (Wildman–Crippen LogP) is 1.86. The van der Waals surface area contributed by atoms with Gasteiger partial charge in [-0.2, -0.15) is 8.78 Å². The summed E-state index contributed by atoms with van der Waals surface area (Å²) in [6.07, 6.45) is 0.368. The third-order valence-corrected chi connectivity index (χ3v) is 1.62. The molecule has 0 fully saturated rings. The van der Waals surface area contributed by atoms with Gasteiger partial charge in [-0.15, -0.1) is 0 Å². The molecule has 1 amide bonds. The molecule has 6 heteroatoms. The second kappa shape index (κ2) is 5.14. The maximum atomic E-state index is 12.0. The Kier molecular flexibility index (Phi) is 3.84. The van der Waals surface area contributed by atoms with Crippen LogP contribution < -0.4 is 14.8 Å². The van der Waals surface area contributed by atoms with E-state index in [0.29, 0.717) is 12.2 Å². The summed E-state index contributed by atoms with van der Waals surface area (Å²) in [5.41, 5.74) is 0.129. The number of methoxy groups -OCH3 is 1. The number of hydrogen-bond acceptors (Lipinski definition) is 3. The Bertz CT molecular complexity index is 344. The largest absolute Gasteiger partial charge is 0.497 e. The standard InChI is InChI=1S/C9H9F2NO3/c1-14-6-2-3-8(15-9(10)11)7(4-6)12-5-13/h2-5,9H,1H3,(H,12,13). The molecule has 0 aliphatic carbocycles. The Morgan fingerprint density at radius 3 is 2.73 bits per heavy atom. The van der Waals surface area contributed by atoms with Gasteiger partial charge in [0.2, 0.25) is 6.41 Å². The van der Waals surface area contributed by atoms with Gasteiger partial charge in [-0.3, -0.25) is 4.79 Å². The summed E-state index contributed by atoms with van der Waals surface area (Å²) in [6, 6.07) is 4.12. The minimum Gasteiger partial charge on any atom is -0.497 e. The molecule has 1 rings (SSSR count). The first-order chi connectivity index (χ1) is 7.17. The molecule has 0 saturated heterocycles. The van der Waals surface area contributed by atoms with Gasteiger partial charge in [0.05, 0.1) is 12.8 Å². The summed E-state index contributed by atoms with van der Waals surface area (Å²) in [5.74, 6) is 0.318. The Hall–Kier alpha value is -1.85. The smallest absolute Gasteiger partial charge is 0.387 e. The van der Waals surface area contributed by atoms with E-state index in [1.807, 2.05) is 0 Å². The lowest BCUT2D eigenvalue weighted by Gasteiger charge is -2.10. The topological polar surface area (TPSA) is 47.6 Å². The maximum absolute atomic E-state index is 12.0. The van der Waals surface area contributed by atoms with Crippen LogP contribution in [0.15, 0.2) is 18.2 Å². The Morgan fingerprint density at radius 2 is 2.20 bits per heavy atom. The molecule has 4 nitrogen and oxygen atoms in total. The number of benzene rings is 1. The molecule has 15 heavy (non-hydrogen) atoms. The van der Waals surface area contributed by atoms with Crippen LogP contribution in [0.4, 0.5) is 14.5 Å². The zero-order chi connectivity index (χ0) is 11.3. The van der Waals surface area contributed by atoms with Crippen LogP contribution in [-0.4, -0.2) is 20.1 Å². The van der Waals surface area contributed by atoms with Crippen LogP contribution in [0.5, 0.6) is 11.5 Å². The Morgan fingerprint density at radius 1 is 1.47 bits per heavy atom. The van der Waals surface area contributed by atoms with Gasteiger partial charge in [-0.1, -0.05) is 0 Å². The van der Waals surface area contributed by atoms with Crippen LogP contribution in [-0.2, 0) is 4.79 Å². The van der Waals surface area contributed by atoms with Crippen molar-refractivity contribution in [2.75, 3.05) is 12.4 Å². The summed E-state index contributed by atoms with van der Waals surface area (Å²) >= 11 is 0. The molecule has 0 atom stereocenters. The monoisotopic (exact) mass is 217 g/mol. The first kappa shape index (κ1) is 11.2. The van der Waals surface area contributed by atoms with Crippen LogP contribution in [0.1, 0.15) is 0 Å². The molecule has 0 aliphatic heterocycles. The Labute approximate surface area is 84.8 Å². The summed E-state index contributed by atoms with van der Waals surface area (Å²) in [5, 5.41) is 2.24. The van der Waals surface area contributed by atoms with Crippen LogP contribution in [0.3, 0.4) is 0 Å². The number of amides is 1. The van der Waals surface area contributed by atoms with Gasteiger partial charge in [-0.25, -0.2) is 0 Å². The van der Waals surface area contributed by atoms with Crippen molar-refractivity contribution in [2.24, 2.45) is 0 Å². The van der Waals surface area contributed by atoms with E-state index in [1.165, 1.54) is 25.3 Å². The number of ether oxygens (including phenoxy) is 2. The van der Waals surface area contributed by atoms with Gasteiger partial charge in [0, 0.05) is 6.07 Å². The zero-order valence-corrected chi connectivity index (χ0v) is 7.87. The maximum Gasteiger partial charge on any atom is 0.387 e. The second-order valence-corrected chi connectivity index (χ2v) is 2.50. The number of carbonyl (C=O) groups is 1. The lowest BCUT2D eigenvalue weighted by atomic mass is 10.3. The zero-order valence-electron chi connectivity index (χ0n) is 7.87. The van der Waals surface area contributed by atoms with Gasteiger partial charge >= 0.3 is 6.61 Å². The van der Waals surface area contributed by atoms with Gasteiger partial charge in [0.1, 0.15) is 11.5 Å². The second-order valence-electron chi connectivity index (χ2n) is 2.50. The number of carbonyl (C=O) groups excluding carboxylic acids is 1. The fourth-order valence-electron chi connectivity index (χ4n) is 1.01. The quantitative estimate of drug-likeness (QED) is 0.766. The van der Waals surface area contributed by atoms with Crippen molar-refractivity contribution in [3.63, 3.8) is 0 Å². The molecule has 0 spiro atoms. The van der Waals surface area contributed by atoms with E-state index in [4.69, 9.17) is 4.74 Å². The first-order valence-corrected chi connectivity index (χ1v) is 4.00. The number of nitrogens with one attached hydrogen (secondary N) is 1. The average Bonchev–Trinajstić information content (AvgIpc) is 2.20. The molecule has 1 aromatic carbocycles. The number of halogens is 2. The molecule has 0 aromatic heterocycles. The van der Waals surface area contributed by atoms with Crippen LogP contribution in [0, 0.1) is 0 Å². The van der Waals surface area contributed by atoms with Gasteiger partial charge in [0.15, 0.2) is 0 Å². The number of rotatable bonds is 5. The molecule has 0 saturated carbocycles. The van der Waals surface area contributed by atoms with Crippen molar-refractivity contribution in [1.29, 1.82) is 0 Å². The summed E-state index contributed by atoms with van der Waals surface area (Å²) < 4.78 is 33.0. The number of anilines is 1. The fraction of sp³-hybridized carbons (Fsp3) is 0.222. The fourth-order valence-corrected chi connectivity index (χ4v) is 1.01. The minimum atomic E-state index is -2.94. The van der Waals surface area contributed by atoms with Crippen molar-refractivity contribution in [3.05, 3.63) is 18.2 Å². The summed E-state index contributed by atoms with van der Waals surface area (Å²) in [7, 11) is 1.42. The average molecular weight is 217 g/mol. The third-order valence-electron chi connectivity index (χ3n) is 1.62. The van der Waals surface area contributed by atoms with Crippen LogP contribution in [0.2, 0.25) is 0 Å². The lowest BCUT2D eigenvalue weighted by molar-refractivity contribution is -0.105. The van der Waals surface area contributed by atoms with E-state index in [1.54, 1.807) is 0 Å². The molecule has 1 aromatic rings. The predicted molar refractivity (Wildman–Crippen MR) is 49.3 cm³/mol. The third kappa shape index (κ3) is 3.08. The van der Waals surface area contributed by atoms with Gasteiger partial charge in [0.25, 0.3) is 0 Å². The van der Waals surface area contributed by atoms with Gasteiger partial charge in [-0.05, 0) is 12.1 Å². The van der Waals surface area contributed by atoms with Crippen molar-refractivity contribution < 1.29 is 23.0 Å². The highest BCUT2D eigenvalue weighted by molar-refractivity contribution is 5.76. The van der Waals surface area contributed by atoms with E-state index in [-0.39, 0.29) is 11.4 Å². The highest BCUT2D eigenvalue weighted by atomic mass is 19.3. The van der Waals surface area contributed by atoms with Crippen LogP contribution >= 0.6 is 0 Å². The SMILES string of the molecule is COc1ccc(OC(F)F)c(NC=O)c1. The summed E-state index contributed by atoms with van der Waals surface area (Å²) in [4.78, 5) is 10.2. The number of alkyl halides is 2. The number of hydrogen-bond donors (Lipinski definition) is 1. The van der Waals surface area contributed by atoms with Crippen molar-refractivity contribution >= 4 is 12.1 Å². The lowest BCUT2D eigenvalue weighted by Crippen LogP contribution is -2.05. The molecule has 0 radical (unpaired) electrons. The normalized spacial score (nSPS) is 9.87. The molecular weight excluding hydrogens is 208 g/mol. The molecule has 1 N–H and O–H groups in total. The summed E-state index contributed by atoms with van der Waals surface area (Å²) in [6.45, 7) is -2.94. The minimum absolute atomic E-state index is 0.113. The molecule has 0 heterocycles. The van der Waals surface area contributed by atoms with Gasteiger partial charge < -0.3 is 14.8 Å². The molecule has 0 unspecified atom stereocenters. The van der Waals surface area contributed by atoms with Crippen molar-refractivity contribution in [1.82, 2.24) is 0 Å². The van der Waals surface area contributed by atoms with E-state index in [2.05, 4.69) is 10.1 Å². The molecule has 0 bridgehead atoms. The van der Waals surface area contributed by atoms with E-state index in [0.717, 1.165) is 0 Å². The molecular formula is C9H9F2NO3. The Balaban J connectivity index is 2.97. The van der Waals surface area contributed by atoms with E-state index in [9.17, 15) is 13.6 Å².